The van der Waals surface area contributed by atoms with Crippen LogP contribution >= 0.6 is 0 Å². The van der Waals surface area contributed by atoms with Crippen molar-refractivity contribution < 1.29 is 4.58 Å². The molecule has 0 aliphatic carbocycles. The molecule has 0 atom stereocenters. The number of nitrogens with zero attached hydrogens (tertiary/aromatic N) is 4. The topological polar surface area (TPSA) is 33.7 Å². The van der Waals surface area contributed by atoms with Gasteiger partial charge in [0, 0.05) is 47.4 Å². The molecular weight excluding hydrogens is 404 g/mol. The first-order valence-corrected chi connectivity index (χ1v) is 11.3. The van der Waals surface area contributed by atoms with Gasteiger partial charge >= 0.3 is 0 Å². The van der Waals surface area contributed by atoms with E-state index in [1.807, 2.05) is 0 Å². The zero-order valence-corrected chi connectivity index (χ0v) is 18.9. The predicted octanol–water partition coefficient (Wildman–Crippen LogP) is 5.55. The van der Waals surface area contributed by atoms with Crippen molar-refractivity contribution >= 4 is 22.3 Å². The molecule has 0 saturated carbocycles. The van der Waals surface area contributed by atoms with E-state index in [9.17, 15) is 0 Å². The molecule has 3 aromatic heterocycles. The molecule has 2 aromatic carbocycles. The van der Waals surface area contributed by atoms with Crippen LogP contribution in [0.5, 0.6) is 0 Å². The standard InChI is InChI=1S/C29H25N4/c1-32-26-15-5-3-9-20(26)17-28(32)24-13-7-11-22(30-24)19-23-12-8-14-25(31-23)29-18-21-10-4-6-16-27(21)33(29)2/h3-17H,18-19H2,1-2H3/q+1. The summed E-state index contributed by atoms with van der Waals surface area (Å²) in [5.41, 5.74) is 10.3. The molecule has 0 radical (unpaired) electrons. The second-order valence-electron chi connectivity index (χ2n) is 8.66. The van der Waals surface area contributed by atoms with Gasteiger partial charge in [-0.05, 0) is 36.4 Å². The predicted molar refractivity (Wildman–Crippen MR) is 133 cm³/mol. The van der Waals surface area contributed by atoms with Gasteiger partial charge in [0.05, 0.1) is 17.8 Å². The minimum Gasteiger partial charge on any atom is -0.342 e. The molecule has 4 heterocycles. The molecule has 6 rings (SSSR count). The zero-order chi connectivity index (χ0) is 22.4. The fourth-order valence-corrected chi connectivity index (χ4v) is 4.87. The van der Waals surface area contributed by atoms with Gasteiger partial charge in [0.25, 0.3) is 0 Å². The highest BCUT2D eigenvalue weighted by Gasteiger charge is 2.28. The lowest BCUT2D eigenvalue weighted by Gasteiger charge is -2.07. The first-order chi connectivity index (χ1) is 16.2. The third-order valence-electron chi connectivity index (χ3n) is 6.60. The number of aryl methyl sites for hydroxylation is 1. The molecule has 0 unspecified atom stereocenters. The highest BCUT2D eigenvalue weighted by molar-refractivity contribution is 5.99. The molecule has 0 saturated heterocycles. The van der Waals surface area contributed by atoms with Crippen molar-refractivity contribution in [2.75, 3.05) is 7.05 Å². The van der Waals surface area contributed by atoms with Crippen molar-refractivity contribution in [1.82, 2.24) is 14.5 Å². The molecule has 0 N–H and O–H groups in total. The molecule has 0 bridgehead atoms. The van der Waals surface area contributed by atoms with E-state index < -0.39 is 0 Å². The van der Waals surface area contributed by atoms with Gasteiger partial charge in [0.1, 0.15) is 12.7 Å². The van der Waals surface area contributed by atoms with Gasteiger partial charge in [0.2, 0.25) is 11.4 Å². The van der Waals surface area contributed by atoms with Gasteiger partial charge in [-0.25, -0.2) is 4.98 Å². The minimum absolute atomic E-state index is 0.704. The quantitative estimate of drug-likeness (QED) is 0.351. The van der Waals surface area contributed by atoms with Crippen LogP contribution in [0.3, 0.4) is 0 Å². The fraction of sp³-hybridized carbons (Fsp3) is 0.138. The average Bonchev–Trinajstić information content (AvgIpc) is 3.37. The number of rotatable bonds is 4. The summed E-state index contributed by atoms with van der Waals surface area (Å²) in [6, 6.07) is 31.8. The number of aromatic nitrogens is 3. The maximum atomic E-state index is 5.01. The van der Waals surface area contributed by atoms with Crippen molar-refractivity contribution in [2.45, 2.75) is 12.8 Å². The first kappa shape index (κ1) is 19.6. The summed E-state index contributed by atoms with van der Waals surface area (Å²) in [7, 11) is 4.23. The Morgan fingerprint density at radius 3 is 2.27 bits per heavy atom. The van der Waals surface area contributed by atoms with Crippen molar-refractivity contribution in [3.8, 4) is 11.4 Å². The van der Waals surface area contributed by atoms with E-state index in [0.29, 0.717) is 6.42 Å². The number of pyridine rings is 2. The Labute approximate surface area is 193 Å². The van der Waals surface area contributed by atoms with E-state index in [2.05, 4.69) is 114 Å². The maximum absolute atomic E-state index is 5.01. The highest BCUT2D eigenvalue weighted by atomic mass is 15.0. The molecule has 0 spiro atoms. The van der Waals surface area contributed by atoms with Gasteiger partial charge in [-0.2, -0.15) is 4.58 Å². The van der Waals surface area contributed by atoms with Crippen LogP contribution in [0, 0.1) is 0 Å². The Hall–Kier alpha value is -4.05. The lowest BCUT2D eigenvalue weighted by atomic mass is 10.1. The summed E-state index contributed by atoms with van der Waals surface area (Å²) in [4.78, 5) is 10.0. The summed E-state index contributed by atoms with van der Waals surface area (Å²) < 4.78 is 4.48. The monoisotopic (exact) mass is 429 g/mol. The summed E-state index contributed by atoms with van der Waals surface area (Å²) in [5.74, 6) is 0. The van der Waals surface area contributed by atoms with Crippen molar-refractivity contribution in [2.24, 2.45) is 7.05 Å². The molecule has 4 nitrogen and oxygen atoms in total. The second kappa shape index (κ2) is 7.82. The van der Waals surface area contributed by atoms with Crippen LogP contribution in [0.2, 0.25) is 0 Å². The van der Waals surface area contributed by atoms with Crippen LogP contribution in [0.25, 0.3) is 22.3 Å². The lowest BCUT2D eigenvalue weighted by Crippen LogP contribution is -2.13. The third-order valence-corrected chi connectivity index (χ3v) is 6.60. The molecule has 5 aromatic rings. The Morgan fingerprint density at radius 2 is 1.48 bits per heavy atom. The molecule has 1 aliphatic heterocycles. The normalized spacial score (nSPS) is 13.0. The molecule has 160 valence electrons. The van der Waals surface area contributed by atoms with Gasteiger partial charge in [-0.1, -0.05) is 48.5 Å². The van der Waals surface area contributed by atoms with Gasteiger partial charge in [-0.15, -0.1) is 0 Å². The Bertz CT molecular complexity index is 1540. The lowest BCUT2D eigenvalue weighted by molar-refractivity contribution is -0.401. The molecule has 33 heavy (non-hydrogen) atoms. The smallest absolute Gasteiger partial charge is 0.212 e. The summed E-state index contributed by atoms with van der Waals surface area (Å²) in [6.45, 7) is 0. The molecule has 1 aliphatic rings. The SMILES string of the molecule is Cn1c(-c2cccc(Cc3cccc(C4=[N+](C)c5ccccc5C4)n3)n2)cc2ccccc21. The van der Waals surface area contributed by atoms with Crippen LogP contribution < -0.4 is 0 Å². The van der Waals surface area contributed by atoms with Crippen LogP contribution in [-0.4, -0.2) is 31.9 Å². The van der Waals surface area contributed by atoms with Gasteiger partial charge in [0.15, 0.2) is 0 Å². The largest absolute Gasteiger partial charge is 0.342 e. The van der Waals surface area contributed by atoms with E-state index in [1.165, 1.54) is 27.9 Å². The molecule has 4 heteroatoms. The number of fused-ring (bicyclic) bond motifs is 2. The van der Waals surface area contributed by atoms with Crippen molar-refractivity contribution in [3.63, 3.8) is 0 Å². The molecule has 0 amide bonds. The van der Waals surface area contributed by atoms with Crippen LogP contribution in [0.15, 0.2) is 91.0 Å². The van der Waals surface area contributed by atoms with Crippen molar-refractivity contribution in [1.29, 1.82) is 0 Å². The van der Waals surface area contributed by atoms with Gasteiger partial charge < -0.3 is 4.57 Å². The average molecular weight is 430 g/mol. The van der Waals surface area contributed by atoms with E-state index >= 15 is 0 Å². The number of para-hydroxylation sites is 2. The molecular formula is C29H25N4+. The number of hydrogen-bond donors (Lipinski definition) is 0. The fourth-order valence-electron chi connectivity index (χ4n) is 4.87. The van der Waals surface area contributed by atoms with Crippen LogP contribution in [-0.2, 0) is 19.9 Å². The second-order valence-corrected chi connectivity index (χ2v) is 8.66. The zero-order valence-electron chi connectivity index (χ0n) is 18.9. The Balaban J connectivity index is 1.31. The van der Waals surface area contributed by atoms with Gasteiger partial charge in [-0.3, -0.25) is 4.98 Å². The Morgan fingerprint density at radius 1 is 0.788 bits per heavy atom. The highest BCUT2D eigenvalue weighted by Crippen LogP contribution is 2.28. The minimum atomic E-state index is 0.704. The first-order valence-electron chi connectivity index (χ1n) is 11.3. The summed E-state index contributed by atoms with van der Waals surface area (Å²) in [5, 5.41) is 1.23. The third kappa shape index (κ3) is 3.44. The summed E-state index contributed by atoms with van der Waals surface area (Å²) in [6.07, 6.45) is 1.62. The number of benzene rings is 2. The van der Waals surface area contributed by atoms with Crippen molar-refractivity contribution in [3.05, 3.63) is 114 Å². The Kier molecular flexibility index (Phi) is 4.65. The van der Waals surface area contributed by atoms with E-state index in [1.54, 1.807) is 0 Å². The number of hydrogen-bond acceptors (Lipinski definition) is 2. The summed E-state index contributed by atoms with van der Waals surface area (Å²) >= 11 is 0. The van der Waals surface area contributed by atoms with Crippen LogP contribution in [0.1, 0.15) is 22.6 Å². The van der Waals surface area contributed by atoms with E-state index in [4.69, 9.17) is 9.97 Å². The molecule has 0 fully saturated rings. The van der Waals surface area contributed by atoms with E-state index in [0.717, 1.165) is 34.9 Å². The van der Waals surface area contributed by atoms with E-state index in [-0.39, 0.29) is 0 Å². The maximum Gasteiger partial charge on any atom is 0.212 e. The van der Waals surface area contributed by atoms with Crippen LogP contribution in [0.4, 0.5) is 5.69 Å².